The van der Waals surface area contributed by atoms with Gasteiger partial charge in [-0.3, -0.25) is 9.05 Å². The van der Waals surface area contributed by atoms with Gasteiger partial charge in [-0.1, -0.05) is 20.8 Å². The van der Waals surface area contributed by atoms with Crippen molar-refractivity contribution in [3.8, 4) is 0 Å². The molecule has 0 aromatic heterocycles. The van der Waals surface area contributed by atoms with Crippen LogP contribution >= 0.6 is 7.82 Å². The van der Waals surface area contributed by atoms with Crippen molar-refractivity contribution >= 4 is 7.82 Å². The first kappa shape index (κ1) is 17.0. The van der Waals surface area contributed by atoms with E-state index in [1.165, 1.54) is 0 Å². The van der Waals surface area contributed by atoms with Gasteiger partial charge in [0, 0.05) is 7.11 Å². The van der Waals surface area contributed by atoms with Crippen molar-refractivity contribution in [2.45, 2.75) is 20.8 Å². The Morgan fingerprint density at radius 1 is 1.06 bits per heavy atom. The molecule has 17 heavy (non-hydrogen) atoms. The average molecular weight is 270 g/mol. The number of hydrogen-bond donors (Lipinski definition) is 1. The van der Waals surface area contributed by atoms with Crippen molar-refractivity contribution in [1.29, 1.82) is 0 Å². The number of methoxy groups -OCH3 is 1. The molecular weight excluding hydrogens is 247 g/mol. The number of ether oxygens (including phenoxy) is 2. The van der Waals surface area contributed by atoms with Crippen molar-refractivity contribution in [2.24, 2.45) is 5.41 Å². The van der Waals surface area contributed by atoms with Crippen LogP contribution in [0, 0.1) is 5.41 Å². The van der Waals surface area contributed by atoms with Crippen molar-refractivity contribution in [3.05, 3.63) is 0 Å². The van der Waals surface area contributed by atoms with Crippen LogP contribution in [0.1, 0.15) is 20.8 Å². The predicted molar refractivity (Wildman–Crippen MR) is 63.9 cm³/mol. The molecule has 0 aromatic rings. The summed E-state index contributed by atoms with van der Waals surface area (Å²) in [5, 5.41) is 0. The third-order valence-corrected chi connectivity index (χ3v) is 2.54. The Hall–Kier alpha value is 0.0300. The standard InChI is InChI=1S/C10H23O6P/c1-10(2,3)9-16-17(11,12)15-8-7-14-6-5-13-4/h5-9H2,1-4H3,(H,11,12). The van der Waals surface area contributed by atoms with Crippen molar-refractivity contribution < 1.29 is 28.0 Å². The van der Waals surface area contributed by atoms with Gasteiger partial charge in [0.15, 0.2) is 0 Å². The quantitative estimate of drug-likeness (QED) is 0.509. The van der Waals surface area contributed by atoms with E-state index in [0.717, 1.165) is 0 Å². The van der Waals surface area contributed by atoms with Gasteiger partial charge >= 0.3 is 7.82 Å². The molecule has 0 aliphatic rings. The molecule has 1 atom stereocenters. The summed E-state index contributed by atoms with van der Waals surface area (Å²) in [5.41, 5.74) is -0.184. The van der Waals surface area contributed by atoms with E-state index in [-0.39, 0.29) is 25.2 Å². The monoisotopic (exact) mass is 270 g/mol. The molecular formula is C10H23O6P. The Morgan fingerprint density at radius 3 is 2.18 bits per heavy atom. The molecule has 0 amide bonds. The van der Waals surface area contributed by atoms with E-state index in [1.807, 2.05) is 20.8 Å². The molecule has 0 aromatic carbocycles. The van der Waals surface area contributed by atoms with Crippen LogP contribution in [-0.4, -0.2) is 45.0 Å². The Bertz CT molecular complexity index is 237. The minimum absolute atomic E-state index is 0.0155. The highest BCUT2D eigenvalue weighted by molar-refractivity contribution is 7.47. The summed E-state index contributed by atoms with van der Waals surface area (Å²) in [6.07, 6.45) is 0. The van der Waals surface area contributed by atoms with Gasteiger partial charge in [0.05, 0.1) is 33.0 Å². The molecule has 1 unspecified atom stereocenters. The van der Waals surface area contributed by atoms with Crippen molar-refractivity contribution in [1.82, 2.24) is 0 Å². The van der Waals surface area contributed by atoms with Crippen LogP contribution < -0.4 is 0 Å². The summed E-state index contributed by atoms with van der Waals surface area (Å²) < 4.78 is 30.8. The first-order chi connectivity index (χ1) is 7.77. The summed E-state index contributed by atoms with van der Waals surface area (Å²) in [4.78, 5) is 9.31. The maximum absolute atomic E-state index is 11.4. The summed E-state index contributed by atoms with van der Waals surface area (Å²) in [7, 11) is -2.38. The fraction of sp³-hybridized carbons (Fsp3) is 1.00. The van der Waals surface area contributed by atoms with E-state index in [0.29, 0.717) is 13.2 Å². The summed E-state index contributed by atoms with van der Waals surface area (Å²) in [6.45, 7) is 7.03. The van der Waals surface area contributed by atoms with Gasteiger partial charge in [0.25, 0.3) is 0 Å². The van der Waals surface area contributed by atoms with E-state index in [9.17, 15) is 9.46 Å². The molecule has 0 rings (SSSR count). The zero-order valence-corrected chi connectivity index (χ0v) is 11.9. The largest absolute Gasteiger partial charge is 0.472 e. The first-order valence-electron chi connectivity index (χ1n) is 5.45. The zero-order chi connectivity index (χ0) is 13.4. The highest BCUT2D eigenvalue weighted by atomic mass is 31.2. The molecule has 0 heterocycles. The zero-order valence-electron chi connectivity index (χ0n) is 11.0. The second-order valence-corrected chi connectivity index (χ2v) is 6.19. The predicted octanol–water partition coefficient (Wildman–Crippen LogP) is 1.83. The van der Waals surface area contributed by atoms with E-state index in [1.54, 1.807) is 7.11 Å². The smallest absolute Gasteiger partial charge is 0.382 e. The first-order valence-corrected chi connectivity index (χ1v) is 6.95. The fourth-order valence-corrected chi connectivity index (χ4v) is 1.70. The van der Waals surface area contributed by atoms with Crippen LogP contribution in [-0.2, 0) is 23.1 Å². The molecule has 7 heteroatoms. The van der Waals surface area contributed by atoms with E-state index < -0.39 is 7.82 Å². The average Bonchev–Trinajstić information content (AvgIpc) is 2.20. The lowest BCUT2D eigenvalue weighted by Gasteiger charge is -2.20. The highest BCUT2D eigenvalue weighted by Gasteiger charge is 2.24. The van der Waals surface area contributed by atoms with Gasteiger partial charge < -0.3 is 14.4 Å². The lowest BCUT2D eigenvalue weighted by molar-refractivity contribution is 0.0412. The Morgan fingerprint density at radius 2 is 1.65 bits per heavy atom. The second-order valence-electron chi connectivity index (χ2n) is 4.74. The lowest BCUT2D eigenvalue weighted by Crippen LogP contribution is -2.15. The van der Waals surface area contributed by atoms with Crippen LogP contribution in [0.4, 0.5) is 0 Å². The fourth-order valence-electron chi connectivity index (χ4n) is 0.768. The maximum Gasteiger partial charge on any atom is 0.472 e. The molecule has 6 nitrogen and oxygen atoms in total. The highest BCUT2D eigenvalue weighted by Crippen LogP contribution is 2.44. The molecule has 0 aliphatic heterocycles. The van der Waals surface area contributed by atoms with Crippen LogP contribution in [0.25, 0.3) is 0 Å². The number of phosphoric acid groups is 1. The summed E-state index contributed by atoms with van der Waals surface area (Å²) >= 11 is 0. The molecule has 0 radical (unpaired) electrons. The molecule has 0 aliphatic carbocycles. The number of phosphoric ester groups is 1. The Labute approximate surface area is 103 Å². The van der Waals surface area contributed by atoms with Crippen molar-refractivity contribution in [2.75, 3.05) is 40.1 Å². The number of hydrogen-bond acceptors (Lipinski definition) is 5. The maximum atomic E-state index is 11.4. The Kier molecular flexibility index (Phi) is 8.20. The van der Waals surface area contributed by atoms with Crippen LogP contribution in [0.3, 0.4) is 0 Å². The van der Waals surface area contributed by atoms with E-state index in [4.69, 9.17) is 18.5 Å². The number of rotatable bonds is 9. The minimum atomic E-state index is -3.96. The van der Waals surface area contributed by atoms with Crippen LogP contribution in [0.15, 0.2) is 0 Å². The van der Waals surface area contributed by atoms with Gasteiger partial charge in [0.1, 0.15) is 0 Å². The Balaban J connectivity index is 3.61. The van der Waals surface area contributed by atoms with E-state index >= 15 is 0 Å². The lowest BCUT2D eigenvalue weighted by atomic mass is 9.99. The topological polar surface area (TPSA) is 74.2 Å². The van der Waals surface area contributed by atoms with Gasteiger partial charge in [-0.15, -0.1) is 0 Å². The molecule has 0 fully saturated rings. The van der Waals surface area contributed by atoms with Crippen LogP contribution in [0.2, 0.25) is 0 Å². The van der Waals surface area contributed by atoms with Gasteiger partial charge in [0.2, 0.25) is 0 Å². The van der Waals surface area contributed by atoms with Gasteiger partial charge in [-0.2, -0.15) is 0 Å². The summed E-state index contributed by atoms with van der Waals surface area (Å²) in [6, 6.07) is 0. The molecule has 0 spiro atoms. The second kappa shape index (κ2) is 8.19. The molecule has 0 saturated heterocycles. The molecule has 0 bridgehead atoms. The van der Waals surface area contributed by atoms with Gasteiger partial charge in [-0.05, 0) is 5.41 Å². The molecule has 104 valence electrons. The third-order valence-electron chi connectivity index (χ3n) is 1.57. The normalized spacial score (nSPS) is 15.8. The van der Waals surface area contributed by atoms with Crippen molar-refractivity contribution in [3.63, 3.8) is 0 Å². The molecule has 0 saturated carbocycles. The third kappa shape index (κ3) is 12.3. The molecule has 1 N–H and O–H groups in total. The van der Waals surface area contributed by atoms with E-state index in [2.05, 4.69) is 0 Å². The van der Waals surface area contributed by atoms with Gasteiger partial charge in [-0.25, -0.2) is 4.57 Å². The summed E-state index contributed by atoms with van der Waals surface area (Å²) in [5.74, 6) is 0. The minimum Gasteiger partial charge on any atom is -0.382 e. The van der Waals surface area contributed by atoms with Crippen LogP contribution in [0.5, 0.6) is 0 Å². The SMILES string of the molecule is COCCOCCOP(=O)(O)OCC(C)(C)C.